The first-order valence-corrected chi connectivity index (χ1v) is 8.29. The van der Waals surface area contributed by atoms with Crippen LogP contribution in [0.25, 0.3) is 0 Å². The fraction of sp³-hybridized carbons (Fsp3) is 0.647. The van der Waals surface area contributed by atoms with Gasteiger partial charge < -0.3 is 14.6 Å². The number of amides is 2. The third-order valence-electron chi connectivity index (χ3n) is 3.53. The van der Waals surface area contributed by atoms with E-state index in [0.29, 0.717) is 10.6 Å². The van der Waals surface area contributed by atoms with Crippen LogP contribution in [-0.2, 0) is 19.8 Å². The molecule has 9 heteroatoms. The van der Waals surface area contributed by atoms with E-state index in [1.54, 1.807) is 20.8 Å². The number of ether oxygens (including phenoxy) is 2. The maximum Gasteiger partial charge on any atom is 0.425 e. The van der Waals surface area contributed by atoms with Crippen molar-refractivity contribution in [1.82, 2.24) is 9.78 Å². The van der Waals surface area contributed by atoms with Crippen molar-refractivity contribution in [2.24, 2.45) is 0 Å². The highest BCUT2D eigenvalue weighted by Gasteiger charge is 2.36. The second kappa shape index (κ2) is 6.71. The monoisotopic (exact) mass is 367 g/mol. The molecule has 1 aliphatic rings. The molecule has 0 radical (unpaired) electrons. The standard InChI is InChI=1S/C17H25N3O6/c1-16(2,3)20-13(8-11(18-20)12-7-10(21)9-25-12)19(14(22)23)15(24)26-17(4,5)6/h8,12H,7,9H2,1-6H3,(H,22,23). The molecule has 1 atom stereocenters. The highest BCUT2D eigenvalue weighted by Crippen LogP contribution is 2.32. The Labute approximate surface area is 151 Å². The van der Waals surface area contributed by atoms with E-state index in [-0.39, 0.29) is 24.6 Å². The molecule has 1 saturated heterocycles. The molecule has 1 N–H and O–H groups in total. The van der Waals surface area contributed by atoms with E-state index < -0.39 is 29.4 Å². The topological polar surface area (TPSA) is 111 Å². The molecule has 0 spiro atoms. The zero-order chi connectivity index (χ0) is 19.9. The van der Waals surface area contributed by atoms with E-state index in [9.17, 15) is 19.5 Å². The Morgan fingerprint density at radius 1 is 1.31 bits per heavy atom. The largest absolute Gasteiger partial charge is 0.464 e. The summed E-state index contributed by atoms with van der Waals surface area (Å²) in [6.45, 7) is 10.4. The Morgan fingerprint density at radius 3 is 2.35 bits per heavy atom. The maximum absolute atomic E-state index is 12.5. The van der Waals surface area contributed by atoms with Crippen molar-refractivity contribution in [3.05, 3.63) is 11.8 Å². The third-order valence-corrected chi connectivity index (χ3v) is 3.53. The summed E-state index contributed by atoms with van der Waals surface area (Å²) in [6.07, 6.45) is -2.90. The van der Waals surface area contributed by atoms with Crippen molar-refractivity contribution in [2.75, 3.05) is 11.5 Å². The van der Waals surface area contributed by atoms with E-state index in [0.717, 1.165) is 0 Å². The molecule has 1 aromatic heterocycles. The van der Waals surface area contributed by atoms with Crippen LogP contribution in [0.1, 0.15) is 59.8 Å². The van der Waals surface area contributed by atoms with Crippen molar-refractivity contribution in [1.29, 1.82) is 0 Å². The number of imide groups is 1. The van der Waals surface area contributed by atoms with Crippen molar-refractivity contribution in [3.8, 4) is 0 Å². The van der Waals surface area contributed by atoms with Crippen molar-refractivity contribution >= 4 is 23.8 Å². The van der Waals surface area contributed by atoms with Crippen LogP contribution in [0.5, 0.6) is 0 Å². The lowest BCUT2D eigenvalue weighted by Gasteiger charge is -2.28. The van der Waals surface area contributed by atoms with Crippen LogP contribution >= 0.6 is 0 Å². The van der Waals surface area contributed by atoms with Crippen molar-refractivity contribution < 1.29 is 29.0 Å². The van der Waals surface area contributed by atoms with Crippen LogP contribution in [0.15, 0.2) is 6.07 Å². The number of hydrogen-bond acceptors (Lipinski definition) is 6. The van der Waals surface area contributed by atoms with Crippen LogP contribution in [0.4, 0.5) is 15.4 Å². The number of carboxylic acid groups (broad SMARTS) is 1. The molecule has 2 amide bonds. The molecule has 1 aromatic rings. The quantitative estimate of drug-likeness (QED) is 0.855. The summed E-state index contributed by atoms with van der Waals surface area (Å²) in [7, 11) is 0. The fourth-order valence-electron chi connectivity index (χ4n) is 2.48. The summed E-state index contributed by atoms with van der Waals surface area (Å²) in [6, 6.07) is 1.45. The van der Waals surface area contributed by atoms with Crippen LogP contribution in [-0.4, -0.2) is 45.1 Å². The Bertz CT molecular complexity index is 726. The van der Waals surface area contributed by atoms with Crippen LogP contribution in [0.3, 0.4) is 0 Å². The molecule has 0 bridgehead atoms. The molecule has 2 rings (SSSR count). The SMILES string of the molecule is CC(C)(C)OC(=O)N(C(=O)O)c1cc(C2CC(=O)CO2)nn1C(C)(C)C. The Kier molecular flexibility index (Phi) is 5.14. The normalized spacial score (nSPS) is 18.1. The Balaban J connectivity index is 2.49. The Hall–Kier alpha value is -2.42. The van der Waals surface area contributed by atoms with Crippen molar-refractivity contribution in [2.45, 2.75) is 65.2 Å². The number of Topliss-reactive ketones (excluding diaryl/α,β-unsaturated/α-hetero) is 1. The minimum absolute atomic E-state index is 0.00289. The molecule has 9 nitrogen and oxygen atoms in total. The number of nitrogens with zero attached hydrogens (tertiary/aromatic N) is 3. The average molecular weight is 367 g/mol. The molecule has 144 valence electrons. The smallest absolute Gasteiger partial charge is 0.425 e. The van der Waals surface area contributed by atoms with E-state index in [2.05, 4.69) is 5.10 Å². The summed E-state index contributed by atoms with van der Waals surface area (Å²) >= 11 is 0. The molecule has 1 aliphatic heterocycles. The number of hydrogen-bond donors (Lipinski definition) is 1. The zero-order valence-corrected chi connectivity index (χ0v) is 15.9. The predicted octanol–water partition coefficient (Wildman–Crippen LogP) is 3.09. The van der Waals surface area contributed by atoms with Gasteiger partial charge in [-0.05, 0) is 41.5 Å². The van der Waals surface area contributed by atoms with Gasteiger partial charge in [0.05, 0.1) is 11.2 Å². The average Bonchev–Trinajstić information content (AvgIpc) is 3.02. The van der Waals surface area contributed by atoms with Crippen molar-refractivity contribution in [3.63, 3.8) is 0 Å². The molecule has 0 saturated carbocycles. The number of anilines is 1. The lowest BCUT2D eigenvalue weighted by Crippen LogP contribution is -2.42. The summed E-state index contributed by atoms with van der Waals surface area (Å²) in [4.78, 5) is 36.2. The number of carbonyl (C=O) groups is 3. The number of ketones is 1. The van der Waals surface area contributed by atoms with Gasteiger partial charge in [-0.3, -0.25) is 4.79 Å². The van der Waals surface area contributed by atoms with Gasteiger partial charge in [0, 0.05) is 12.5 Å². The van der Waals surface area contributed by atoms with Gasteiger partial charge in [-0.25, -0.2) is 14.3 Å². The van der Waals surface area contributed by atoms with Gasteiger partial charge >= 0.3 is 12.2 Å². The Morgan fingerprint density at radius 2 is 1.92 bits per heavy atom. The van der Waals surface area contributed by atoms with Gasteiger partial charge in [0.2, 0.25) is 0 Å². The third kappa shape index (κ3) is 4.40. The van der Waals surface area contributed by atoms with Crippen LogP contribution in [0.2, 0.25) is 0 Å². The van der Waals surface area contributed by atoms with Gasteiger partial charge in [-0.2, -0.15) is 10.00 Å². The molecule has 1 fully saturated rings. The number of rotatable bonds is 2. The summed E-state index contributed by atoms with van der Waals surface area (Å²) in [5.41, 5.74) is -1.08. The van der Waals surface area contributed by atoms with Crippen LogP contribution < -0.4 is 4.90 Å². The molecule has 1 unspecified atom stereocenters. The van der Waals surface area contributed by atoms with Crippen LogP contribution in [0, 0.1) is 0 Å². The summed E-state index contributed by atoms with van der Waals surface area (Å²) < 4.78 is 12.0. The van der Waals surface area contributed by atoms with E-state index in [1.807, 2.05) is 20.8 Å². The van der Waals surface area contributed by atoms with Gasteiger partial charge in [0.15, 0.2) is 5.78 Å². The van der Waals surface area contributed by atoms with Gasteiger partial charge in [0.25, 0.3) is 0 Å². The summed E-state index contributed by atoms with van der Waals surface area (Å²) in [5, 5.41) is 14.0. The zero-order valence-electron chi connectivity index (χ0n) is 15.9. The van der Waals surface area contributed by atoms with E-state index >= 15 is 0 Å². The fourth-order valence-corrected chi connectivity index (χ4v) is 2.48. The maximum atomic E-state index is 12.5. The first-order chi connectivity index (χ1) is 11.8. The highest BCUT2D eigenvalue weighted by molar-refractivity contribution is 6.08. The molecule has 0 aliphatic carbocycles. The lowest BCUT2D eigenvalue weighted by molar-refractivity contribution is -0.117. The van der Waals surface area contributed by atoms with Gasteiger partial charge in [0.1, 0.15) is 24.1 Å². The first kappa shape index (κ1) is 19.9. The number of carbonyl (C=O) groups excluding carboxylic acids is 2. The second-order valence-electron chi connectivity index (χ2n) is 8.15. The van der Waals surface area contributed by atoms with E-state index in [1.165, 1.54) is 10.7 Å². The second-order valence-corrected chi connectivity index (χ2v) is 8.15. The molecular formula is C17H25N3O6. The molecule has 2 heterocycles. The molecular weight excluding hydrogens is 342 g/mol. The minimum Gasteiger partial charge on any atom is -0.464 e. The summed E-state index contributed by atoms with van der Waals surface area (Å²) in [5.74, 6) is -0.0127. The molecule has 0 aromatic carbocycles. The lowest BCUT2D eigenvalue weighted by atomic mass is 10.1. The predicted molar refractivity (Wildman–Crippen MR) is 92.3 cm³/mol. The van der Waals surface area contributed by atoms with Gasteiger partial charge in [-0.15, -0.1) is 0 Å². The van der Waals surface area contributed by atoms with E-state index in [4.69, 9.17) is 9.47 Å². The minimum atomic E-state index is -1.49. The first-order valence-electron chi connectivity index (χ1n) is 8.29. The number of aromatic nitrogens is 2. The molecule has 26 heavy (non-hydrogen) atoms. The van der Waals surface area contributed by atoms with Gasteiger partial charge in [-0.1, -0.05) is 0 Å². The highest BCUT2D eigenvalue weighted by atomic mass is 16.6.